The summed E-state index contributed by atoms with van der Waals surface area (Å²) in [5.74, 6) is 0.989. The highest BCUT2D eigenvalue weighted by Gasteiger charge is 2.03. The van der Waals surface area contributed by atoms with Gasteiger partial charge in [-0.15, -0.1) is 11.8 Å². The van der Waals surface area contributed by atoms with Gasteiger partial charge in [-0.05, 0) is 35.7 Å². The van der Waals surface area contributed by atoms with Crippen molar-refractivity contribution in [3.63, 3.8) is 0 Å². The number of amides is 1. The molecule has 0 aliphatic rings. The molecule has 2 aromatic rings. The van der Waals surface area contributed by atoms with Crippen molar-refractivity contribution in [2.45, 2.75) is 19.2 Å². The van der Waals surface area contributed by atoms with E-state index in [4.69, 9.17) is 0 Å². The number of hydrogen-bond acceptors (Lipinski definition) is 2. The summed E-state index contributed by atoms with van der Waals surface area (Å²) < 4.78 is 12.8. The van der Waals surface area contributed by atoms with Crippen LogP contribution in [0.5, 0.6) is 0 Å². The van der Waals surface area contributed by atoms with Crippen LogP contribution in [0.15, 0.2) is 48.5 Å². The second kappa shape index (κ2) is 7.84. The number of hydrogen-bond donors (Lipinski definition) is 1. The van der Waals surface area contributed by atoms with E-state index in [0.29, 0.717) is 12.3 Å². The minimum Gasteiger partial charge on any atom is -0.351 e. The van der Waals surface area contributed by atoms with Gasteiger partial charge in [0.15, 0.2) is 0 Å². The molecule has 2 rings (SSSR count). The third-order valence-corrected chi connectivity index (χ3v) is 4.14. The third kappa shape index (κ3) is 5.23. The minimum atomic E-state index is -0.265. The number of nitrogens with one attached hydrogen (secondary N) is 1. The molecule has 0 spiro atoms. The van der Waals surface area contributed by atoms with Gasteiger partial charge in [-0.1, -0.05) is 36.4 Å². The largest absolute Gasteiger partial charge is 0.351 e. The molecule has 0 saturated carbocycles. The molecule has 0 fully saturated rings. The van der Waals surface area contributed by atoms with Crippen LogP contribution in [0.4, 0.5) is 4.39 Å². The van der Waals surface area contributed by atoms with Crippen molar-refractivity contribution in [3.05, 3.63) is 71.0 Å². The van der Waals surface area contributed by atoms with Crippen LogP contribution in [0.2, 0.25) is 0 Å². The average Bonchev–Trinajstić information content (AvgIpc) is 2.49. The molecule has 0 radical (unpaired) electrons. The normalized spacial score (nSPS) is 10.4. The second-order valence-corrected chi connectivity index (χ2v) is 5.81. The molecule has 0 heterocycles. The van der Waals surface area contributed by atoms with E-state index < -0.39 is 0 Å². The molecule has 1 amide bonds. The van der Waals surface area contributed by atoms with Crippen molar-refractivity contribution < 1.29 is 9.18 Å². The lowest BCUT2D eigenvalue weighted by atomic mass is 10.1. The Hall–Kier alpha value is -1.81. The Bertz CT molecular complexity index is 598. The Kier molecular flexibility index (Phi) is 5.81. The van der Waals surface area contributed by atoms with E-state index in [2.05, 4.69) is 24.4 Å². The molecule has 2 nitrogen and oxygen atoms in total. The number of thioether (sulfide) groups is 1. The van der Waals surface area contributed by atoms with Gasteiger partial charge in [-0.2, -0.15) is 0 Å². The van der Waals surface area contributed by atoms with Crippen LogP contribution >= 0.6 is 11.8 Å². The number of carbonyl (C=O) groups excluding carboxylic acids is 1. The summed E-state index contributed by atoms with van der Waals surface area (Å²) in [4.78, 5) is 11.8. The van der Waals surface area contributed by atoms with E-state index in [1.807, 2.05) is 12.1 Å². The standard InChI is InChI=1S/C17H18FNOS/c1-13-4-2-3-5-15(13)11-21-12-17(20)19-10-14-6-8-16(18)9-7-14/h2-9H,10-12H2,1H3,(H,19,20). The zero-order valence-corrected chi connectivity index (χ0v) is 12.8. The maximum absolute atomic E-state index is 12.8. The van der Waals surface area contributed by atoms with Crippen molar-refractivity contribution in [2.24, 2.45) is 0 Å². The summed E-state index contributed by atoms with van der Waals surface area (Å²) in [5, 5.41) is 2.84. The van der Waals surface area contributed by atoms with Crippen molar-refractivity contribution in [1.29, 1.82) is 0 Å². The van der Waals surface area contributed by atoms with Gasteiger partial charge < -0.3 is 5.32 Å². The topological polar surface area (TPSA) is 29.1 Å². The zero-order chi connectivity index (χ0) is 15.1. The molecule has 21 heavy (non-hydrogen) atoms. The van der Waals surface area contributed by atoms with Gasteiger partial charge in [-0.3, -0.25) is 4.79 Å². The first-order valence-corrected chi connectivity index (χ1v) is 7.94. The Morgan fingerprint density at radius 2 is 1.86 bits per heavy atom. The lowest BCUT2D eigenvalue weighted by molar-refractivity contribution is -0.118. The quantitative estimate of drug-likeness (QED) is 0.882. The Morgan fingerprint density at radius 3 is 2.57 bits per heavy atom. The number of benzene rings is 2. The highest BCUT2D eigenvalue weighted by molar-refractivity contribution is 7.99. The van der Waals surface area contributed by atoms with Gasteiger partial charge in [0, 0.05) is 12.3 Å². The van der Waals surface area contributed by atoms with Crippen LogP contribution in [-0.4, -0.2) is 11.7 Å². The van der Waals surface area contributed by atoms with E-state index in [9.17, 15) is 9.18 Å². The maximum Gasteiger partial charge on any atom is 0.230 e. The van der Waals surface area contributed by atoms with E-state index in [1.54, 1.807) is 23.9 Å². The summed E-state index contributed by atoms with van der Waals surface area (Å²) in [5.41, 5.74) is 3.40. The van der Waals surface area contributed by atoms with Crippen LogP contribution in [0.1, 0.15) is 16.7 Å². The molecule has 4 heteroatoms. The van der Waals surface area contributed by atoms with Gasteiger partial charge in [0.25, 0.3) is 0 Å². The molecule has 110 valence electrons. The monoisotopic (exact) mass is 303 g/mol. The van der Waals surface area contributed by atoms with Gasteiger partial charge in [0.05, 0.1) is 5.75 Å². The molecule has 0 atom stereocenters. The molecule has 0 aromatic heterocycles. The van der Waals surface area contributed by atoms with Gasteiger partial charge in [0.1, 0.15) is 5.82 Å². The minimum absolute atomic E-state index is 0.00194. The molecular weight excluding hydrogens is 285 g/mol. The van der Waals surface area contributed by atoms with Crippen LogP contribution in [0.25, 0.3) is 0 Å². The maximum atomic E-state index is 12.8. The summed E-state index contributed by atoms with van der Waals surface area (Å²) in [6, 6.07) is 14.3. The fourth-order valence-electron chi connectivity index (χ4n) is 1.88. The fraction of sp³-hybridized carbons (Fsp3) is 0.235. The van der Waals surface area contributed by atoms with Crippen LogP contribution in [-0.2, 0) is 17.1 Å². The summed E-state index contributed by atoms with van der Waals surface area (Å²) >= 11 is 1.59. The first-order chi connectivity index (χ1) is 10.1. The molecule has 0 saturated heterocycles. The summed E-state index contributed by atoms with van der Waals surface area (Å²) in [6.45, 7) is 2.51. The van der Waals surface area contributed by atoms with Gasteiger partial charge >= 0.3 is 0 Å². The number of carbonyl (C=O) groups is 1. The average molecular weight is 303 g/mol. The molecule has 0 unspecified atom stereocenters. The predicted octanol–water partition coefficient (Wildman–Crippen LogP) is 3.68. The van der Waals surface area contributed by atoms with E-state index in [0.717, 1.165) is 11.3 Å². The van der Waals surface area contributed by atoms with Crippen molar-refractivity contribution in [3.8, 4) is 0 Å². The van der Waals surface area contributed by atoms with Crippen molar-refractivity contribution in [2.75, 3.05) is 5.75 Å². The Morgan fingerprint density at radius 1 is 1.14 bits per heavy atom. The first kappa shape index (κ1) is 15.6. The predicted molar refractivity (Wildman–Crippen MR) is 85.6 cm³/mol. The lowest BCUT2D eigenvalue weighted by Crippen LogP contribution is -2.24. The zero-order valence-electron chi connectivity index (χ0n) is 11.9. The Labute approximate surface area is 128 Å². The van der Waals surface area contributed by atoms with E-state index in [1.165, 1.54) is 23.3 Å². The molecule has 0 aliphatic carbocycles. The lowest BCUT2D eigenvalue weighted by Gasteiger charge is -2.07. The highest BCUT2D eigenvalue weighted by Crippen LogP contribution is 2.15. The van der Waals surface area contributed by atoms with Crippen molar-refractivity contribution in [1.82, 2.24) is 5.32 Å². The summed E-state index contributed by atoms with van der Waals surface area (Å²) in [7, 11) is 0. The smallest absolute Gasteiger partial charge is 0.230 e. The van der Waals surface area contributed by atoms with E-state index >= 15 is 0 Å². The number of halogens is 1. The van der Waals surface area contributed by atoms with Gasteiger partial charge in [0.2, 0.25) is 5.91 Å². The highest BCUT2D eigenvalue weighted by atomic mass is 32.2. The first-order valence-electron chi connectivity index (χ1n) is 6.78. The summed E-state index contributed by atoms with van der Waals surface area (Å²) in [6.07, 6.45) is 0. The third-order valence-electron chi connectivity index (χ3n) is 3.15. The van der Waals surface area contributed by atoms with Crippen LogP contribution in [0.3, 0.4) is 0 Å². The SMILES string of the molecule is Cc1ccccc1CSCC(=O)NCc1ccc(F)cc1. The molecule has 0 aliphatic heterocycles. The van der Waals surface area contributed by atoms with Crippen molar-refractivity contribution >= 4 is 17.7 Å². The number of aryl methyl sites for hydroxylation is 1. The Balaban J connectivity index is 1.70. The number of rotatable bonds is 6. The molecule has 2 aromatic carbocycles. The fourth-order valence-corrected chi connectivity index (χ4v) is 2.81. The van der Waals surface area contributed by atoms with Crippen LogP contribution < -0.4 is 5.32 Å². The molecule has 1 N–H and O–H groups in total. The molecule has 0 bridgehead atoms. The van der Waals surface area contributed by atoms with E-state index in [-0.39, 0.29) is 11.7 Å². The second-order valence-electron chi connectivity index (χ2n) is 4.82. The molecular formula is C17H18FNOS. The van der Waals surface area contributed by atoms with Gasteiger partial charge in [-0.25, -0.2) is 4.39 Å². The van der Waals surface area contributed by atoms with Crippen LogP contribution in [0, 0.1) is 12.7 Å².